The summed E-state index contributed by atoms with van der Waals surface area (Å²) in [6.07, 6.45) is -1.03. The fraction of sp³-hybridized carbons (Fsp3) is 0.667. The predicted molar refractivity (Wildman–Crippen MR) is 29.9 cm³/mol. The lowest BCUT2D eigenvalue weighted by Crippen LogP contribution is -2.29. The van der Waals surface area contributed by atoms with Crippen LogP contribution in [0.4, 0.5) is 0 Å². The van der Waals surface area contributed by atoms with Gasteiger partial charge in [-0.05, 0) is 0 Å². The Bertz CT molecular complexity index is 75.3. The lowest BCUT2D eigenvalue weighted by atomic mass is 10.4. The summed E-state index contributed by atoms with van der Waals surface area (Å²) < 4.78 is 0. The summed E-state index contributed by atoms with van der Waals surface area (Å²) in [6.45, 7) is -0.394. The van der Waals surface area contributed by atoms with E-state index in [1.165, 1.54) is 0 Å². The highest BCUT2D eigenvalue weighted by Gasteiger charge is 2.01. The number of hydrogen-bond donors (Lipinski definition) is 3. The average molecular weight is 121 g/mol. The smallest absolute Gasteiger partial charge is 0.127 e. The predicted octanol–water partition coefficient (Wildman–Crippen LogP) is -1.37. The lowest BCUT2D eigenvalue weighted by Gasteiger charge is -2.00. The molecule has 0 spiro atoms. The van der Waals surface area contributed by atoms with Crippen molar-refractivity contribution < 1.29 is 10.2 Å². The van der Waals surface area contributed by atoms with Crippen LogP contribution in [0.1, 0.15) is 0 Å². The van der Waals surface area contributed by atoms with E-state index in [0.717, 1.165) is 0 Å². The van der Waals surface area contributed by atoms with Crippen molar-refractivity contribution in [2.75, 3.05) is 6.61 Å². The van der Waals surface area contributed by atoms with E-state index in [1.54, 1.807) is 0 Å². The van der Waals surface area contributed by atoms with Gasteiger partial charge >= 0.3 is 0 Å². The summed E-state index contributed by atoms with van der Waals surface area (Å²) in [5, 5.41) is 16.5. The molecule has 0 aromatic heterocycles. The van der Waals surface area contributed by atoms with Gasteiger partial charge in [0.1, 0.15) is 11.1 Å². The molecule has 0 heterocycles. The average Bonchev–Trinajstić information content (AvgIpc) is 1.65. The zero-order chi connectivity index (χ0) is 5.86. The zero-order valence-corrected chi connectivity index (χ0v) is 4.48. The second-order valence-corrected chi connectivity index (χ2v) is 1.57. The number of nitrogens with two attached hydrogens (primary N) is 1. The first-order chi connectivity index (χ1) is 3.18. The van der Waals surface area contributed by atoms with Crippen LogP contribution in [-0.4, -0.2) is 27.9 Å². The molecule has 0 bridgehead atoms. The number of aliphatic hydroxyl groups excluding tert-OH is 2. The fourth-order valence-corrected chi connectivity index (χ4v) is 0.165. The van der Waals surface area contributed by atoms with Gasteiger partial charge in [0.25, 0.3) is 0 Å². The Hall–Kier alpha value is -0.190. The van der Waals surface area contributed by atoms with Gasteiger partial charge in [-0.15, -0.1) is 0 Å². The Kier molecular flexibility index (Phi) is 2.82. The highest BCUT2D eigenvalue weighted by Crippen LogP contribution is 1.77. The van der Waals surface area contributed by atoms with Gasteiger partial charge in [-0.25, -0.2) is 0 Å². The Morgan fingerprint density at radius 2 is 2.29 bits per heavy atom. The molecule has 0 saturated carbocycles. The van der Waals surface area contributed by atoms with E-state index in [2.05, 4.69) is 12.2 Å². The molecule has 0 amide bonds. The third kappa shape index (κ3) is 2.50. The Morgan fingerprint density at radius 3 is 2.29 bits per heavy atom. The van der Waals surface area contributed by atoms with Crippen LogP contribution in [0.3, 0.4) is 0 Å². The fourth-order valence-electron chi connectivity index (χ4n) is 0.0900. The van der Waals surface area contributed by atoms with Crippen LogP contribution in [0.5, 0.6) is 0 Å². The highest BCUT2D eigenvalue weighted by atomic mass is 32.1. The minimum atomic E-state index is -1.03. The Balaban J connectivity index is 3.34. The summed E-state index contributed by atoms with van der Waals surface area (Å²) in [7, 11) is 0. The molecule has 0 aliphatic heterocycles. The van der Waals surface area contributed by atoms with Crippen molar-refractivity contribution in [3.63, 3.8) is 0 Å². The summed E-state index contributed by atoms with van der Waals surface area (Å²) >= 11 is 4.29. The van der Waals surface area contributed by atoms with E-state index in [4.69, 9.17) is 15.9 Å². The summed E-state index contributed by atoms with van der Waals surface area (Å²) in [6, 6.07) is 0. The monoisotopic (exact) mass is 121 g/mol. The molecular weight excluding hydrogens is 114 g/mol. The van der Waals surface area contributed by atoms with Gasteiger partial charge < -0.3 is 15.9 Å². The molecule has 42 valence electrons. The minimum Gasteiger partial charge on any atom is -0.393 e. The van der Waals surface area contributed by atoms with Gasteiger partial charge in [0.05, 0.1) is 6.61 Å². The first-order valence-corrected chi connectivity index (χ1v) is 2.17. The third-order valence-electron chi connectivity index (χ3n) is 0.501. The van der Waals surface area contributed by atoms with Crippen LogP contribution in [0.15, 0.2) is 0 Å². The maximum absolute atomic E-state index is 8.42. The number of thiocarbonyl (C=S) groups is 1. The topological polar surface area (TPSA) is 66.5 Å². The summed E-state index contributed by atoms with van der Waals surface area (Å²) in [5.41, 5.74) is 4.87. The summed E-state index contributed by atoms with van der Waals surface area (Å²) in [4.78, 5) is -0.0671. The molecule has 4 N–H and O–H groups in total. The molecule has 0 rings (SSSR count). The van der Waals surface area contributed by atoms with Crippen LogP contribution in [-0.2, 0) is 0 Å². The Labute approximate surface area is 46.8 Å². The molecule has 0 aliphatic rings. The van der Waals surface area contributed by atoms with E-state index < -0.39 is 12.7 Å². The Morgan fingerprint density at radius 1 is 1.86 bits per heavy atom. The van der Waals surface area contributed by atoms with Crippen molar-refractivity contribution in [3.05, 3.63) is 0 Å². The van der Waals surface area contributed by atoms with Crippen molar-refractivity contribution in [2.24, 2.45) is 5.73 Å². The van der Waals surface area contributed by atoms with Gasteiger partial charge in [0, 0.05) is 0 Å². The molecule has 0 saturated heterocycles. The van der Waals surface area contributed by atoms with E-state index >= 15 is 0 Å². The van der Waals surface area contributed by atoms with Crippen molar-refractivity contribution in [1.82, 2.24) is 0 Å². The van der Waals surface area contributed by atoms with Gasteiger partial charge in [-0.1, -0.05) is 12.2 Å². The second-order valence-electron chi connectivity index (χ2n) is 1.10. The maximum atomic E-state index is 8.42. The molecule has 0 aliphatic carbocycles. The van der Waals surface area contributed by atoms with Crippen molar-refractivity contribution in [1.29, 1.82) is 0 Å². The third-order valence-corrected chi connectivity index (χ3v) is 0.773. The van der Waals surface area contributed by atoms with Gasteiger partial charge in [0.2, 0.25) is 0 Å². The number of rotatable bonds is 2. The quantitative estimate of drug-likeness (QED) is 0.394. The largest absolute Gasteiger partial charge is 0.393 e. The van der Waals surface area contributed by atoms with Crippen LogP contribution < -0.4 is 5.73 Å². The lowest BCUT2D eigenvalue weighted by molar-refractivity contribution is 0.145. The van der Waals surface area contributed by atoms with Crippen LogP contribution in [0.25, 0.3) is 0 Å². The minimum absolute atomic E-state index is 0.0671. The van der Waals surface area contributed by atoms with Crippen molar-refractivity contribution in [2.45, 2.75) is 6.10 Å². The molecule has 0 aromatic carbocycles. The maximum Gasteiger partial charge on any atom is 0.127 e. The second kappa shape index (κ2) is 2.90. The van der Waals surface area contributed by atoms with Crippen molar-refractivity contribution in [3.8, 4) is 0 Å². The van der Waals surface area contributed by atoms with Gasteiger partial charge in [-0.3, -0.25) is 0 Å². The molecule has 4 heteroatoms. The number of hydrogen-bond acceptors (Lipinski definition) is 3. The molecule has 0 fully saturated rings. The molecule has 0 radical (unpaired) electrons. The van der Waals surface area contributed by atoms with Crippen LogP contribution in [0, 0.1) is 0 Å². The standard InChI is InChI=1S/C3H7NO2S/c4-3(7)2(6)1-5/h2,5-6H,1H2,(H2,4,7). The van der Waals surface area contributed by atoms with E-state index in [0.29, 0.717) is 0 Å². The van der Waals surface area contributed by atoms with Gasteiger partial charge in [-0.2, -0.15) is 0 Å². The molecule has 3 nitrogen and oxygen atoms in total. The molecular formula is C3H7NO2S. The highest BCUT2D eigenvalue weighted by molar-refractivity contribution is 7.80. The van der Waals surface area contributed by atoms with E-state index in [-0.39, 0.29) is 4.99 Å². The SMILES string of the molecule is NC(=S)C(O)CO. The summed E-state index contributed by atoms with van der Waals surface area (Å²) in [5.74, 6) is 0. The van der Waals surface area contributed by atoms with Gasteiger partial charge in [0.15, 0.2) is 0 Å². The zero-order valence-electron chi connectivity index (χ0n) is 3.66. The van der Waals surface area contributed by atoms with Crippen molar-refractivity contribution >= 4 is 17.2 Å². The molecule has 7 heavy (non-hydrogen) atoms. The van der Waals surface area contributed by atoms with Crippen LogP contribution >= 0.6 is 12.2 Å². The van der Waals surface area contributed by atoms with E-state index in [1.807, 2.05) is 0 Å². The molecule has 1 atom stereocenters. The molecule has 0 aromatic rings. The first-order valence-electron chi connectivity index (χ1n) is 1.76. The van der Waals surface area contributed by atoms with Crippen LogP contribution in [0.2, 0.25) is 0 Å². The number of aliphatic hydroxyl groups is 2. The molecule has 1 unspecified atom stereocenters. The van der Waals surface area contributed by atoms with E-state index in [9.17, 15) is 0 Å². The first kappa shape index (κ1) is 6.81. The normalized spacial score (nSPS) is 13.4.